The number of anilines is 1. The molecule has 0 radical (unpaired) electrons. The Morgan fingerprint density at radius 2 is 2.11 bits per heavy atom. The van der Waals surface area contributed by atoms with Crippen LogP contribution in [0, 0.1) is 5.82 Å². The number of nitrogens with one attached hydrogen (secondary N) is 1. The Kier molecular flexibility index (Phi) is 7.09. The normalized spacial score (nSPS) is 14.2. The van der Waals surface area contributed by atoms with Gasteiger partial charge in [0.05, 0.1) is 25.4 Å². The van der Waals surface area contributed by atoms with Gasteiger partial charge < -0.3 is 19.9 Å². The predicted molar refractivity (Wildman–Crippen MR) is 73.2 cm³/mol. The molecule has 0 spiro atoms. The van der Waals surface area contributed by atoms with E-state index in [4.69, 9.17) is 21.1 Å². The van der Waals surface area contributed by atoms with Crippen LogP contribution in [0.5, 0.6) is 0 Å². The topological polar surface area (TPSA) is 50.7 Å². The molecule has 1 aromatic rings. The van der Waals surface area contributed by atoms with Crippen LogP contribution in [-0.4, -0.2) is 44.2 Å². The van der Waals surface area contributed by atoms with Crippen LogP contribution in [0.25, 0.3) is 0 Å². The Hall–Kier alpha value is -0.880. The van der Waals surface area contributed by atoms with Gasteiger partial charge in [0.2, 0.25) is 0 Å². The zero-order valence-corrected chi connectivity index (χ0v) is 11.8. The maximum absolute atomic E-state index is 13.1. The molecule has 2 unspecified atom stereocenters. The molecule has 0 bridgehead atoms. The summed E-state index contributed by atoms with van der Waals surface area (Å²) in [6, 6.07) is 4.12. The Labute approximate surface area is 117 Å². The minimum atomic E-state index is -0.693. The molecule has 1 rings (SSSR count). The molecular formula is C13H19ClFNO3. The number of aliphatic hydroxyl groups is 1. The number of aliphatic hydroxyl groups excluding tert-OH is 1. The van der Waals surface area contributed by atoms with E-state index in [1.807, 2.05) is 6.92 Å². The van der Waals surface area contributed by atoms with Gasteiger partial charge in [-0.2, -0.15) is 0 Å². The second-order valence-corrected chi connectivity index (χ2v) is 4.73. The zero-order valence-electron chi connectivity index (χ0n) is 11.0. The molecule has 1 aromatic carbocycles. The fourth-order valence-corrected chi connectivity index (χ4v) is 1.73. The quantitative estimate of drug-likeness (QED) is 0.772. The Bertz CT molecular complexity index is 372. The molecule has 4 nitrogen and oxygen atoms in total. The van der Waals surface area contributed by atoms with Crippen LogP contribution >= 0.6 is 11.6 Å². The summed E-state index contributed by atoms with van der Waals surface area (Å²) in [7, 11) is 1.59. The molecule has 0 saturated heterocycles. The van der Waals surface area contributed by atoms with Crippen LogP contribution in [0.1, 0.15) is 6.92 Å². The number of benzene rings is 1. The second kappa shape index (κ2) is 8.32. The largest absolute Gasteiger partial charge is 0.389 e. The Morgan fingerprint density at radius 1 is 1.37 bits per heavy atom. The average Bonchev–Trinajstić information content (AvgIpc) is 2.33. The van der Waals surface area contributed by atoms with Crippen molar-refractivity contribution in [2.24, 2.45) is 0 Å². The summed E-state index contributed by atoms with van der Waals surface area (Å²) in [4.78, 5) is 0. The van der Waals surface area contributed by atoms with E-state index in [1.54, 1.807) is 13.2 Å². The number of hydrogen-bond donors (Lipinski definition) is 2. The summed E-state index contributed by atoms with van der Waals surface area (Å²) < 4.78 is 23.3. The number of rotatable bonds is 8. The van der Waals surface area contributed by atoms with E-state index in [-0.39, 0.29) is 19.3 Å². The summed E-state index contributed by atoms with van der Waals surface area (Å²) in [5.41, 5.74) is 0.522. The minimum Gasteiger partial charge on any atom is -0.389 e. The molecule has 2 atom stereocenters. The van der Waals surface area contributed by atoms with Crippen molar-refractivity contribution < 1.29 is 19.0 Å². The lowest BCUT2D eigenvalue weighted by Gasteiger charge is -2.16. The molecule has 0 saturated carbocycles. The Balaban J connectivity index is 2.31. The molecule has 108 valence electrons. The lowest BCUT2D eigenvalue weighted by atomic mass is 10.3. The van der Waals surface area contributed by atoms with E-state index >= 15 is 0 Å². The molecule has 0 aliphatic carbocycles. The first-order chi connectivity index (χ1) is 9.01. The van der Waals surface area contributed by atoms with Crippen molar-refractivity contribution in [3.05, 3.63) is 29.0 Å². The van der Waals surface area contributed by atoms with E-state index in [0.29, 0.717) is 17.3 Å². The van der Waals surface area contributed by atoms with E-state index in [9.17, 15) is 9.50 Å². The van der Waals surface area contributed by atoms with Crippen LogP contribution in [-0.2, 0) is 9.47 Å². The van der Waals surface area contributed by atoms with Crippen molar-refractivity contribution in [2.75, 3.05) is 32.2 Å². The summed E-state index contributed by atoms with van der Waals surface area (Å²) in [6.07, 6.45) is -0.774. The van der Waals surface area contributed by atoms with Crippen LogP contribution in [0.4, 0.5) is 10.1 Å². The summed E-state index contributed by atoms with van der Waals surface area (Å²) >= 11 is 5.72. The van der Waals surface area contributed by atoms with Crippen LogP contribution in [0.15, 0.2) is 18.2 Å². The zero-order chi connectivity index (χ0) is 14.3. The van der Waals surface area contributed by atoms with Crippen molar-refractivity contribution in [3.63, 3.8) is 0 Å². The molecular weight excluding hydrogens is 273 g/mol. The molecule has 0 aliphatic heterocycles. The third-order valence-electron chi connectivity index (χ3n) is 2.38. The Morgan fingerprint density at radius 3 is 2.74 bits per heavy atom. The predicted octanol–water partition coefficient (Wildman–Crippen LogP) is 2.30. The molecule has 0 amide bonds. The molecule has 2 N–H and O–H groups in total. The SMILES string of the molecule is COCC(C)OCC(O)CNc1cc(F)cc(Cl)c1. The van der Waals surface area contributed by atoms with Gasteiger partial charge in [-0.3, -0.25) is 0 Å². The van der Waals surface area contributed by atoms with Gasteiger partial charge in [0.25, 0.3) is 0 Å². The van der Waals surface area contributed by atoms with Crippen LogP contribution in [0.3, 0.4) is 0 Å². The average molecular weight is 292 g/mol. The molecule has 6 heteroatoms. The first-order valence-corrected chi connectivity index (χ1v) is 6.37. The van der Waals surface area contributed by atoms with E-state index < -0.39 is 11.9 Å². The third-order valence-corrected chi connectivity index (χ3v) is 2.60. The molecule has 0 aromatic heterocycles. The number of methoxy groups -OCH3 is 1. The highest BCUT2D eigenvalue weighted by molar-refractivity contribution is 6.30. The highest BCUT2D eigenvalue weighted by Crippen LogP contribution is 2.17. The summed E-state index contributed by atoms with van der Waals surface area (Å²) in [6.45, 7) is 2.76. The third kappa shape index (κ3) is 6.73. The van der Waals surface area contributed by atoms with Gasteiger partial charge in [-0.25, -0.2) is 4.39 Å². The van der Waals surface area contributed by atoms with Gasteiger partial charge in [-0.05, 0) is 25.1 Å². The molecule has 0 heterocycles. The fraction of sp³-hybridized carbons (Fsp3) is 0.538. The van der Waals surface area contributed by atoms with Crippen LogP contribution in [0.2, 0.25) is 5.02 Å². The maximum atomic E-state index is 13.1. The number of halogens is 2. The van der Waals surface area contributed by atoms with Gasteiger partial charge in [0.15, 0.2) is 0 Å². The highest BCUT2D eigenvalue weighted by Gasteiger charge is 2.08. The van der Waals surface area contributed by atoms with Crippen molar-refractivity contribution in [2.45, 2.75) is 19.1 Å². The van der Waals surface area contributed by atoms with Gasteiger partial charge in [0, 0.05) is 24.4 Å². The lowest BCUT2D eigenvalue weighted by Crippen LogP contribution is -2.28. The lowest BCUT2D eigenvalue weighted by molar-refractivity contribution is -0.0282. The van der Waals surface area contributed by atoms with Crippen molar-refractivity contribution >= 4 is 17.3 Å². The standard InChI is InChI=1S/C13H19ClFNO3/c1-9(7-18-2)19-8-13(17)6-16-12-4-10(14)3-11(15)5-12/h3-5,9,13,16-17H,6-8H2,1-2H3. The monoisotopic (exact) mass is 291 g/mol. The van der Waals surface area contributed by atoms with Crippen molar-refractivity contribution in [1.29, 1.82) is 0 Å². The van der Waals surface area contributed by atoms with Crippen molar-refractivity contribution in [1.82, 2.24) is 0 Å². The second-order valence-electron chi connectivity index (χ2n) is 4.29. The summed E-state index contributed by atoms with van der Waals surface area (Å²) in [5, 5.41) is 12.9. The fourth-order valence-electron chi connectivity index (χ4n) is 1.51. The number of hydrogen-bond acceptors (Lipinski definition) is 4. The van der Waals surface area contributed by atoms with Gasteiger partial charge >= 0.3 is 0 Å². The van der Waals surface area contributed by atoms with E-state index in [1.165, 1.54) is 12.1 Å². The van der Waals surface area contributed by atoms with Gasteiger partial charge in [0.1, 0.15) is 5.82 Å². The van der Waals surface area contributed by atoms with Crippen molar-refractivity contribution in [3.8, 4) is 0 Å². The number of ether oxygens (including phenoxy) is 2. The molecule has 19 heavy (non-hydrogen) atoms. The summed E-state index contributed by atoms with van der Waals surface area (Å²) in [5.74, 6) is -0.422. The van der Waals surface area contributed by atoms with E-state index in [2.05, 4.69) is 5.32 Å². The molecule has 0 aliphatic rings. The maximum Gasteiger partial charge on any atom is 0.126 e. The minimum absolute atomic E-state index is 0.0803. The van der Waals surface area contributed by atoms with Crippen LogP contribution < -0.4 is 5.32 Å². The van der Waals surface area contributed by atoms with Gasteiger partial charge in [-0.1, -0.05) is 11.6 Å². The highest BCUT2D eigenvalue weighted by atomic mass is 35.5. The first kappa shape index (κ1) is 16.2. The first-order valence-electron chi connectivity index (χ1n) is 6.00. The molecule has 0 fully saturated rings. The van der Waals surface area contributed by atoms with Gasteiger partial charge in [-0.15, -0.1) is 0 Å². The smallest absolute Gasteiger partial charge is 0.126 e. The van der Waals surface area contributed by atoms with E-state index in [0.717, 1.165) is 0 Å².